The van der Waals surface area contributed by atoms with Crippen LogP contribution in [0, 0.1) is 6.92 Å². The molecule has 2 aromatic heterocycles. The lowest BCUT2D eigenvalue weighted by atomic mass is 10.0. The molecule has 3 heterocycles. The van der Waals surface area contributed by atoms with Crippen LogP contribution in [0.1, 0.15) is 39.8 Å². The van der Waals surface area contributed by atoms with Crippen molar-refractivity contribution in [3.05, 3.63) is 39.7 Å². The summed E-state index contributed by atoms with van der Waals surface area (Å²) in [7, 11) is 0. The Kier molecular flexibility index (Phi) is 2.70. The Bertz CT molecular complexity index is 587. The average Bonchev–Trinajstić information content (AvgIpc) is 2.97. The number of hydrogen-bond acceptors (Lipinski definition) is 4. The number of hydrogen-bond donors (Lipinski definition) is 0. The van der Waals surface area contributed by atoms with Gasteiger partial charge in [0.05, 0.1) is 6.04 Å². The van der Waals surface area contributed by atoms with Crippen molar-refractivity contribution in [2.24, 2.45) is 0 Å². The summed E-state index contributed by atoms with van der Waals surface area (Å²) >= 11 is 1.77. The van der Waals surface area contributed by atoms with Gasteiger partial charge in [0.25, 0.3) is 5.91 Å². The molecule has 0 aromatic carbocycles. The maximum atomic E-state index is 12.4. The third-order valence-corrected chi connectivity index (χ3v) is 4.37. The molecule has 94 valence electrons. The molecule has 3 rings (SSSR count). The molecule has 4 nitrogen and oxygen atoms in total. The summed E-state index contributed by atoms with van der Waals surface area (Å²) in [6.07, 6.45) is 2.37. The summed E-state index contributed by atoms with van der Waals surface area (Å²) in [6, 6.07) is 2.22. The highest BCUT2D eigenvalue weighted by atomic mass is 32.1. The van der Waals surface area contributed by atoms with E-state index >= 15 is 0 Å². The summed E-state index contributed by atoms with van der Waals surface area (Å²) < 4.78 is 5.11. The van der Waals surface area contributed by atoms with Crippen LogP contribution in [0.25, 0.3) is 0 Å². The summed E-state index contributed by atoms with van der Waals surface area (Å²) in [6.45, 7) is 4.56. The van der Waals surface area contributed by atoms with Crippen molar-refractivity contribution in [1.29, 1.82) is 0 Å². The third kappa shape index (κ3) is 1.75. The van der Waals surface area contributed by atoms with Crippen LogP contribution in [0.3, 0.4) is 0 Å². The van der Waals surface area contributed by atoms with Crippen LogP contribution in [-0.2, 0) is 6.42 Å². The minimum Gasteiger partial charge on any atom is -0.448 e. The fourth-order valence-electron chi connectivity index (χ4n) is 2.40. The van der Waals surface area contributed by atoms with Gasteiger partial charge in [-0.1, -0.05) is 0 Å². The zero-order valence-electron chi connectivity index (χ0n) is 10.3. The lowest BCUT2D eigenvalue weighted by molar-refractivity contribution is 0.0673. The van der Waals surface area contributed by atoms with Gasteiger partial charge in [0.2, 0.25) is 0 Å². The Balaban J connectivity index is 1.88. The number of carbonyl (C=O) groups is 1. The Hall–Kier alpha value is -1.62. The monoisotopic (exact) mass is 262 g/mol. The summed E-state index contributed by atoms with van der Waals surface area (Å²) in [4.78, 5) is 19.7. The molecule has 0 spiro atoms. The second kappa shape index (κ2) is 4.24. The predicted octanol–water partition coefficient (Wildman–Crippen LogP) is 2.80. The van der Waals surface area contributed by atoms with Gasteiger partial charge in [-0.2, -0.15) is 0 Å². The molecule has 5 heteroatoms. The summed E-state index contributed by atoms with van der Waals surface area (Å²) in [5, 5.41) is 2.09. The maximum Gasteiger partial charge on any atom is 0.276 e. The van der Waals surface area contributed by atoms with Crippen LogP contribution in [0.2, 0.25) is 0 Å². The molecule has 0 fully saturated rings. The predicted molar refractivity (Wildman–Crippen MR) is 68.7 cm³/mol. The number of nitrogens with zero attached hydrogens (tertiary/aromatic N) is 2. The van der Waals surface area contributed by atoms with Gasteiger partial charge in [-0.25, -0.2) is 4.98 Å². The Morgan fingerprint density at radius 3 is 3.17 bits per heavy atom. The number of aryl methyl sites for hydroxylation is 1. The molecule has 2 aromatic rings. The largest absolute Gasteiger partial charge is 0.448 e. The van der Waals surface area contributed by atoms with Crippen molar-refractivity contribution < 1.29 is 9.21 Å². The first kappa shape index (κ1) is 11.5. The van der Waals surface area contributed by atoms with Gasteiger partial charge in [0, 0.05) is 18.3 Å². The molecule has 1 aliphatic rings. The van der Waals surface area contributed by atoms with Crippen molar-refractivity contribution in [2.45, 2.75) is 26.3 Å². The highest BCUT2D eigenvalue weighted by Gasteiger charge is 2.30. The minimum atomic E-state index is -0.0452. The van der Waals surface area contributed by atoms with Crippen molar-refractivity contribution in [3.8, 4) is 0 Å². The van der Waals surface area contributed by atoms with Crippen LogP contribution in [0.4, 0.5) is 0 Å². The van der Waals surface area contributed by atoms with Gasteiger partial charge in [0.1, 0.15) is 6.26 Å². The van der Waals surface area contributed by atoms with Crippen LogP contribution in [0.15, 0.2) is 22.1 Å². The second-order valence-corrected chi connectivity index (χ2v) is 5.48. The van der Waals surface area contributed by atoms with Crippen LogP contribution >= 0.6 is 11.3 Å². The Labute approximate surface area is 109 Å². The Morgan fingerprint density at radius 2 is 2.44 bits per heavy atom. The minimum absolute atomic E-state index is 0.0452. The van der Waals surface area contributed by atoms with E-state index in [1.165, 1.54) is 16.7 Å². The van der Waals surface area contributed by atoms with Gasteiger partial charge >= 0.3 is 0 Å². The SMILES string of the molecule is Cc1nc(C(=O)N2CCc3sccc3C2C)co1. The van der Waals surface area contributed by atoms with Gasteiger partial charge in [-0.05, 0) is 30.4 Å². The van der Waals surface area contributed by atoms with E-state index in [0.717, 1.165) is 13.0 Å². The molecule has 1 unspecified atom stereocenters. The van der Waals surface area contributed by atoms with Gasteiger partial charge in [-0.15, -0.1) is 11.3 Å². The maximum absolute atomic E-state index is 12.4. The molecule has 1 aliphatic heterocycles. The van der Waals surface area contributed by atoms with E-state index in [4.69, 9.17) is 4.42 Å². The molecule has 0 bridgehead atoms. The van der Waals surface area contributed by atoms with E-state index in [-0.39, 0.29) is 11.9 Å². The summed E-state index contributed by atoms with van der Waals surface area (Å²) in [5.74, 6) is 0.482. The van der Waals surface area contributed by atoms with E-state index in [2.05, 4.69) is 23.4 Å². The standard InChI is InChI=1S/C13H14N2O2S/c1-8-10-4-6-18-12(10)3-5-15(8)13(16)11-7-17-9(2)14-11/h4,6-8H,3,5H2,1-2H3. The molecule has 0 saturated heterocycles. The quantitative estimate of drug-likeness (QED) is 0.794. The van der Waals surface area contributed by atoms with Crippen LogP contribution in [0.5, 0.6) is 0 Å². The number of thiophene rings is 1. The van der Waals surface area contributed by atoms with E-state index in [9.17, 15) is 4.79 Å². The van der Waals surface area contributed by atoms with E-state index in [1.807, 2.05) is 4.90 Å². The molecule has 0 saturated carbocycles. The van der Waals surface area contributed by atoms with E-state index in [0.29, 0.717) is 11.6 Å². The molecule has 1 amide bonds. The lowest BCUT2D eigenvalue weighted by Gasteiger charge is -2.33. The first-order valence-electron chi connectivity index (χ1n) is 5.96. The number of amides is 1. The highest BCUT2D eigenvalue weighted by molar-refractivity contribution is 7.10. The van der Waals surface area contributed by atoms with Crippen molar-refractivity contribution in [3.63, 3.8) is 0 Å². The fourth-order valence-corrected chi connectivity index (χ4v) is 3.36. The Morgan fingerprint density at radius 1 is 1.61 bits per heavy atom. The molecule has 18 heavy (non-hydrogen) atoms. The van der Waals surface area contributed by atoms with E-state index < -0.39 is 0 Å². The van der Waals surface area contributed by atoms with Crippen molar-refractivity contribution in [1.82, 2.24) is 9.88 Å². The first-order valence-corrected chi connectivity index (χ1v) is 6.84. The molecular formula is C13H14N2O2S. The molecular weight excluding hydrogens is 248 g/mol. The normalized spacial score (nSPS) is 18.8. The number of aromatic nitrogens is 1. The van der Waals surface area contributed by atoms with Gasteiger partial charge in [0.15, 0.2) is 11.6 Å². The van der Waals surface area contributed by atoms with E-state index in [1.54, 1.807) is 18.3 Å². The average molecular weight is 262 g/mol. The van der Waals surface area contributed by atoms with Crippen molar-refractivity contribution >= 4 is 17.2 Å². The lowest BCUT2D eigenvalue weighted by Crippen LogP contribution is -2.38. The molecule has 1 atom stereocenters. The number of rotatable bonds is 1. The molecule has 0 N–H and O–H groups in total. The third-order valence-electron chi connectivity index (χ3n) is 3.38. The fraction of sp³-hybridized carbons (Fsp3) is 0.385. The molecule has 0 radical (unpaired) electrons. The smallest absolute Gasteiger partial charge is 0.276 e. The number of fused-ring (bicyclic) bond motifs is 1. The first-order chi connectivity index (χ1) is 8.66. The van der Waals surface area contributed by atoms with Gasteiger partial charge < -0.3 is 9.32 Å². The zero-order valence-corrected chi connectivity index (χ0v) is 11.2. The number of carbonyl (C=O) groups excluding carboxylic acids is 1. The van der Waals surface area contributed by atoms with Crippen LogP contribution in [-0.4, -0.2) is 22.3 Å². The summed E-state index contributed by atoms with van der Waals surface area (Å²) in [5.41, 5.74) is 1.66. The van der Waals surface area contributed by atoms with Gasteiger partial charge in [-0.3, -0.25) is 4.79 Å². The number of oxazole rings is 1. The van der Waals surface area contributed by atoms with Crippen molar-refractivity contribution in [2.75, 3.05) is 6.54 Å². The molecule has 0 aliphatic carbocycles. The topological polar surface area (TPSA) is 46.3 Å². The second-order valence-electron chi connectivity index (χ2n) is 4.48. The highest BCUT2D eigenvalue weighted by Crippen LogP contribution is 2.33. The van der Waals surface area contributed by atoms with Crippen LogP contribution < -0.4 is 0 Å². The zero-order chi connectivity index (χ0) is 12.7.